The van der Waals surface area contributed by atoms with Crippen LogP contribution in [0.4, 0.5) is 0 Å². The van der Waals surface area contributed by atoms with Crippen molar-refractivity contribution in [3.8, 4) is 11.5 Å². The summed E-state index contributed by atoms with van der Waals surface area (Å²) in [6.07, 6.45) is -1.17. The molecule has 1 aromatic rings. The number of aliphatic hydroxyl groups is 1. The van der Waals surface area contributed by atoms with Crippen LogP contribution in [0.5, 0.6) is 11.5 Å². The van der Waals surface area contributed by atoms with E-state index in [9.17, 15) is 5.11 Å². The molecule has 0 saturated carbocycles. The van der Waals surface area contributed by atoms with Gasteiger partial charge >= 0.3 is 0 Å². The summed E-state index contributed by atoms with van der Waals surface area (Å²) in [7, 11) is 0. The van der Waals surface area contributed by atoms with Crippen LogP contribution >= 0.6 is 0 Å². The Morgan fingerprint density at radius 2 is 1.75 bits per heavy atom. The van der Waals surface area contributed by atoms with Gasteiger partial charge in [0.15, 0.2) is 11.5 Å². The average molecular weight is 166 g/mol. The second-order valence-electron chi connectivity index (χ2n) is 2.79. The van der Waals surface area contributed by atoms with E-state index in [1.165, 1.54) is 0 Å². The monoisotopic (exact) mass is 166 g/mol. The second-order valence-corrected chi connectivity index (χ2v) is 2.79. The molecule has 64 valence electrons. The van der Waals surface area contributed by atoms with E-state index >= 15 is 0 Å². The van der Waals surface area contributed by atoms with Gasteiger partial charge in [-0.2, -0.15) is 0 Å². The molecule has 3 nitrogen and oxygen atoms in total. The largest absolute Gasteiger partial charge is 0.448 e. The SMILES string of the molecule is CC(O)C1Oc2ccccc2O1. The molecule has 2 rings (SSSR count). The van der Waals surface area contributed by atoms with Gasteiger partial charge in [0.25, 0.3) is 6.29 Å². The van der Waals surface area contributed by atoms with Crippen molar-refractivity contribution in [3.05, 3.63) is 24.3 Å². The molecule has 0 aliphatic carbocycles. The summed E-state index contributed by atoms with van der Waals surface area (Å²) in [4.78, 5) is 0. The number of aliphatic hydroxyl groups excluding tert-OH is 1. The zero-order valence-electron chi connectivity index (χ0n) is 6.73. The van der Waals surface area contributed by atoms with Crippen LogP contribution in [0, 0.1) is 0 Å². The van der Waals surface area contributed by atoms with Crippen LogP contribution in [0.3, 0.4) is 0 Å². The van der Waals surface area contributed by atoms with Gasteiger partial charge in [0.05, 0.1) is 0 Å². The lowest BCUT2D eigenvalue weighted by Crippen LogP contribution is -2.30. The Morgan fingerprint density at radius 1 is 1.25 bits per heavy atom. The van der Waals surface area contributed by atoms with E-state index in [-0.39, 0.29) is 0 Å². The maximum absolute atomic E-state index is 9.17. The van der Waals surface area contributed by atoms with Crippen molar-refractivity contribution in [3.63, 3.8) is 0 Å². The molecular weight excluding hydrogens is 156 g/mol. The minimum Gasteiger partial charge on any atom is -0.448 e. The van der Waals surface area contributed by atoms with Crippen molar-refractivity contribution in [2.24, 2.45) is 0 Å². The quantitative estimate of drug-likeness (QED) is 0.680. The lowest BCUT2D eigenvalue weighted by atomic mass is 10.3. The van der Waals surface area contributed by atoms with Crippen molar-refractivity contribution in [1.29, 1.82) is 0 Å². The van der Waals surface area contributed by atoms with Crippen molar-refractivity contribution in [2.75, 3.05) is 0 Å². The lowest BCUT2D eigenvalue weighted by Gasteiger charge is -2.11. The first-order chi connectivity index (χ1) is 5.77. The topological polar surface area (TPSA) is 38.7 Å². The fourth-order valence-electron chi connectivity index (χ4n) is 1.12. The van der Waals surface area contributed by atoms with Crippen LogP contribution in [0.15, 0.2) is 24.3 Å². The summed E-state index contributed by atoms with van der Waals surface area (Å²) in [5, 5.41) is 9.17. The highest BCUT2D eigenvalue weighted by atomic mass is 16.7. The number of fused-ring (bicyclic) bond motifs is 1. The third-order valence-electron chi connectivity index (χ3n) is 1.73. The van der Waals surface area contributed by atoms with Gasteiger partial charge in [-0.05, 0) is 19.1 Å². The van der Waals surface area contributed by atoms with E-state index in [0.29, 0.717) is 11.5 Å². The molecule has 1 heterocycles. The highest BCUT2D eigenvalue weighted by Crippen LogP contribution is 2.34. The molecule has 1 atom stereocenters. The predicted octanol–water partition coefficient (Wildman–Crippen LogP) is 1.16. The van der Waals surface area contributed by atoms with Gasteiger partial charge in [0.2, 0.25) is 0 Å². The molecule has 1 aromatic carbocycles. The molecular formula is C9H10O3. The van der Waals surface area contributed by atoms with E-state index < -0.39 is 12.4 Å². The van der Waals surface area contributed by atoms with Gasteiger partial charge < -0.3 is 14.6 Å². The molecule has 0 radical (unpaired) electrons. The first-order valence-corrected chi connectivity index (χ1v) is 3.88. The van der Waals surface area contributed by atoms with Crippen LogP contribution in [0.25, 0.3) is 0 Å². The molecule has 1 aliphatic rings. The van der Waals surface area contributed by atoms with Crippen LogP contribution in [0.1, 0.15) is 6.92 Å². The third-order valence-corrected chi connectivity index (χ3v) is 1.73. The van der Waals surface area contributed by atoms with Gasteiger partial charge in [-0.15, -0.1) is 0 Å². The molecule has 0 bridgehead atoms. The van der Waals surface area contributed by atoms with Gasteiger partial charge in [0, 0.05) is 0 Å². The molecule has 1 unspecified atom stereocenters. The lowest BCUT2D eigenvalue weighted by molar-refractivity contribution is -0.0495. The molecule has 0 saturated heterocycles. The molecule has 0 spiro atoms. The average Bonchev–Trinajstić information content (AvgIpc) is 2.46. The number of benzene rings is 1. The Bertz CT molecular complexity index is 258. The van der Waals surface area contributed by atoms with E-state index in [1.54, 1.807) is 6.92 Å². The standard InChI is InChI=1S/C9H10O3/c1-6(10)9-11-7-4-2-3-5-8(7)12-9/h2-6,9-10H,1H3. The van der Waals surface area contributed by atoms with Crippen LogP contribution in [0.2, 0.25) is 0 Å². The predicted molar refractivity (Wildman–Crippen MR) is 43.2 cm³/mol. The molecule has 3 heteroatoms. The highest BCUT2D eigenvalue weighted by molar-refractivity contribution is 5.41. The third kappa shape index (κ3) is 1.12. The molecule has 1 aliphatic heterocycles. The summed E-state index contributed by atoms with van der Waals surface area (Å²) >= 11 is 0. The van der Waals surface area contributed by atoms with Crippen LogP contribution in [-0.4, -0.2) is 17.5 Å². The number of ether oxygens (including phenoxy) is 2. The summed E-state index contributed by atoms with van der Waals surface area (Å²) in [5.41, 5.74) is 0. The maximum atomic E-state index is 9.17. The fraction of sp³-hybridized carbons (Fsp3) is 0.333. The number of hydrogen-bond donors (Lipinski definition) is 1. The van der Waals surface area contributed by atoms with E-state index in [4.69, 9.17) is 9.47 Å². The molecule has 12 heavy (non-hydrogen) atoms. The van der Waals surface area contributed by atoms with Gasteiger partial charge in [-0.3, -0.25) is 0 Å². The van der Waals surface area contributed by atoms with E-state index in [0.717, 1.165) is 0 Å². The second kappa shape index (κ2) is 2.68. The van der Waals surface area contributed by atoms with Crippen LogP contribution < -0.4 is 9.47 Å². The Morgan fingerprint density at radius 3 is 2.17 bits per heavy atom. The Balaban J connectivity index is 2.22. The normalized spacial score (nSPS) is 17.8. The number of para-hydroxylation sites is 2. The Kier molecular flexibility index (Phi) is 1.66. The smallest absolute Gasteiger partial charge is 0.266 e. The first kappa shape index (κ1) is 7.43. The number of hydrogen-bond acceptors (Lipinski definition) is 3. The Labute approximate surface area is 70.5 Å². The summed E-state index contributed by atoms with van der Waals surface area (Å²) in [5.74, 6) is 1.40. The van der Waals surface area contributed by atoms with Gasteiger partial charge in [-0.25, -0.2) is 0 Å². The summed E-state index contributed by atoms with van der Waals surface area (Å²) in [6.45, 7) is 1.64. The Hall–Kier alpha value is -1.22. The first-order valence-electron chi connectivity index (χ1n) is 3.88. The summed E-state index contributed by atoms with van der Waals surface area (Å²) in [6, 6.07) is 7.37. The zero-order chi connectivity index (χ0) is 8.55. The van der Waals surface area contributed by atoms with E-state index in [1.807, 2.05) is 24.3 Å². The van der Waals surface area contributed by atoms with Crippen molar-refractivity contribution < 1.29 is 14.6 Å². The summed E-state index contributed by atoms with van der Waals surface area (Å²) < 4.78 is 10.6. The van der Waals surface area contributed by atoms with Gasteiger partial charge in [0.1, 0.15) is 6.10 Å². The zero-order valence-corrected chi connectivity index (χ0v) is 6.73. The van der Waals surface area contributed by atoms with Crippen molar-refractivity contribution in [1.82, 2.24) is 0 Å². The minimum atomic E-state index is -0.614. The van der Waals surface area contributed by atoms with Gasteiger partial charge in [-0.1, -0.05) is 12.1 Å². The van der Waals surface area contributed by atoms with Crippen molar-refractivity contribution >= 4 is 0 Å². The maximum Gasteiger partial charge on any atom is 0.266 e. The highest BCUT2D eigenvalue weighted by Gasteiger charge is 2.27. The van der Waals surface area contributed by atoms with E-state index in [2.05, 4.69) is 0 Å². The molecule has 0 amide bonds. The molecule has 0 fully saturated rings. The minimum absolute atomic E-state index is 0.553. The molecule has 0 aromatic heterocycles. The molecule has 1 N–H and O–H groups in total. The fourth-order valence-corrected chi connectivity index (χ4v) is 1.12. The van der Waals surface area contributed by atoms with Crippen LogP contribution in [-0.2, 0) is 0 Å². The van der Waals surface area contributed by atoms with Crippen molar-refractivity contribution in [2.45, 2.75) is 19.3 Å². The number of rotatable bonds is 1.